The highest BCUT2D eigenvalue weighted by Crippen LogP contribution is 2.20. The Kier molecular flexibility index (Phi) is 1.36. The number of fused-ring (bicyclic) bond motifs is 1. The molecule has 62 valence electrons. The van der Waals surface area contributed by atoms with Gasteiger partial charge in [0, 0.05) is 6.07 Å². The summed E-state index contributed by atoms with van der Waals surface area (Å²) in [7, 11) is 1.56. The van der Waals surface area contributed by atoms with Crippen molar-refractivity contribution in [3.8, 4) is 5.88 Å². The second kappa shape index (κ2) is 2.37. The Hall–Kier alpha value is -1.78. The maximum Gasteiger partial charge on any atom is 0.213 e. The monoisotopic (exact) mass is 164 g/mol. The molecule has 2 heterocycles. The van der Waals surface area contributed by atoms with Crippen LogP contribution in [0, 0.1) is 0 Å². The van der Waals surface area contributed by atoms with Gasteiger partial charge in [0.1, 0.15) is 0 Å². The summed E-state index contributed by atoms with van der Waals surface area (Å²) < 4.78 is 4.94. The Bertz CT molecular complexity index is 409. The summed E-state index contributed by atoms with van der Waals surface area (Å²) in [5.41, 5.74) is 6.39. The van der Waals surface area contributed by atoms with Crippen molar-refractivity contribution < 1.29 is 4.74 Å². The van der Waals surface area contributed by atoms with E-state index in [-0.39, 0.29) is 0 Å². The largest absolute Gasteiger partial charge is 0.481 e. The second-order valence-corrected chi connectivity index (χ2v) is 2.38. The summed E-state index contributed by atoms with van der Waals surface area (Å²) in [6, 6.07) is 1.74. The number of methoxy groups -OCH3 is 1. The Morgan fingerprint density at radius 3 is 3.17 bits per heavy atom. The lowest BCUT2D eigenvalue weighted by Crippen LogP contribution is -1.87. The Morgan fingerprint density at radius 2 is 2.42 bits per heavy atom. The molecule has 0 atom stereocenters. The number of ether oxygens (including phenoxy) is 1. The highest BCUT2D eigenvalue weighted by Gasteiger charge is 2.03. The molecule has 0 unspecified atom stereocenters. The van der Waals surface area contributed by atoms with Crippen molar-refractivity contribution >= 4 is 16.7 Å². The van der Waals surface area contributed by atoms with Crippen molar-refractivity contribution in [1.29, 1.82) is 0 Å². The molecule has 0 aliphatic heterocycles. The molecule has 2 aromatic rings. The van der Waals surface area contributed by atoms with Crippen molar-refractivity contribution in [3.63, 3.8) is 0 Å². The number of H-pyrrole nitrogens is 1. The predicted octanol–water partition coefficient (Wildman–Crippen LogP) is 0.549. The zero-order chi connectivity index (χ0) is 8.55. The van der Waals surface area contributed by atoms with Crippen LogP contribution in [-0.2, 0) is 0 Å². The summed E-state index contributed by atoms with van der Waals surface area (Å²) in [6.45, 7) is 0. The van der Waals surface area contributed by atoms with E-state index in [1.165, 1.54) is 0 Å². The fourth-order valence-electron chi connectivity index (χ4n) is 1.03. The third-order valence-electron chi connectivity index (χ3n) is 1.66. The lowest BCUT2D eigenvalue weighted by molar-refractivity contribution is 0.399. The number of hydrogen-bond acceptors (Lipinski definition) is 4. The van der Waals surface area contributed by atoms with E-state index in [2.05, 4.69) is 15.2 Å². The van der Waals surface area contributed by atoms with Crippen LogP contribution in [0.3, 0.4) is 0 Å². The van der Waals surface area contributed by atoms with Crippen LogP contribution in [0.1, 0.15) is 0 Å². The number of nitrogens with two attached hydrogens (primary N) is 1. The van der Waals surface area contributed by atoms with Crippen LogP contribution in [0.25, 0.3) is 10.9 Å². The molecule has 0 bridgehead atoms. The highest BCUT2D eigenvalue weighted by atomic mass is 16.5. The predicted molar refractivity (Wildman–Crippen MR) is 44.9 cm³/mol. The third kappa shape index (κ3) is 0.868. The zero-order valence-corrected chi connectivity index (χ0v) is 6.53. The number of nitrogens with one attached hydrogen (secondary N) is 1. The summed E-state index contributed by atoms with van der Waals surface area (Å²) in [4.78, 5) is 3.99. The number of nitrogen functional groups attached to an aromatic ring is 1. The molecule has 0 aromatic carbocycles. The van der Waals surface area contributed by atoms with Gasteiger partial charge in [-0.05, 0) is 0 Å². The van der Waals surface area contributed by atoms with E-state index in [0.717, 1.165) is 10.9 Å². The summed E-state index contributed by atoms with van der Waals surface area (Å²) >= 11 is 0. The molecule has 2 rings (SSSR count). The number of pyridine rings is 1. The van der Waals surface area contributed by atoms with Crippen LogP contribution in [0.5, 0.6) is 5.88 Å². The van der Waals surface area contributed by atoms with Gasteiger partial charge in [-0.1, -0.05) is 0 Å². The second-order valence-electron chi connectivity index (χ2n) is 2.38. The van der Waals surface area contributed by atoms with E-state index in [1.807, 2.05) is 0 Å². The van der Waals surface area contributed by atoms with Gasteiger partial charge in [0.25, 0.3) is 0 Å². The standard InChI is InChI=1S/C7H8N4O/c1-12-6-2-4-5(3-9-6)10-11-7(4)8/h2-3H,1H3,(H3,8,10,11). The van der Waals surface area contributed by atoms with Gasteiger partial charge in [0.15, 0.2) is 5.82 Å². The van der Waals surface area contributed by atoms with Crippen molar-refractivity contribution in [2.75, 3.05) is 12.8 Å². The number of anilines is 1. The third-order valence-corrected chi connectivity index (χ3v) is 1.66. The van der Waals surface area contributed by atoms with E-state index >= 15 is 0 Å². The topological polar surface area (TPSA) is 76.8 Å². The normalized spacial score (nSPS) is 10.4. The van der Waals surface area contributed by atoms with Gasteiger partial charge in [-0.25, -0.2) is 4.98 Å². The van der Waals surface area contributed by atoms with Crippen LogP contribution in [-0.4, -0.2) is 22.3 Å². The first kappa shape index (κ1) is 6.90. The quantitative estimate of drug-likeness (QED) is 0.645. The van der Waals surface area contributed by atoms with Gasteiger partial charge >= 0.3 is 0 Å². The van der Waals surface area contributed by atoms with Crippen molar-refractivity contribution in [1.82, 2.24) is 15.2 Å². The summed E-state index contributed by atoms with van der Waals surface area (Å²) in [5.74, 6) is 1.00. The fourth-order valence-corrected chi connectivity index (χ4v) is 1.03. The molecule has 0 saturated heterocycles. The van der Waals surface area contributed by atoms with Crippen molar-refractivity contribution in [3.05, 3.63) is 12.3 Å². The van der Waals surface area contributed by atoms with Crippen LogP contribution in [0.2, 0.25) is 0 Å². The molecule has 5 heteroatoms. The molecule has 2 aromatic heterocycles. The number of rotatable bonds is 1. The van der Waals surface area contributed by atoms with Gasteiger partial charge in [0.05, 0.1) is 24.2 Å². The molecule has 3 N–H and O–H groups in total. The molecule has 0 spiro atoms. The first-order chi connectivity index (χ1) is 5.81. The SMILES string of the molecule is COc1cc2c(N)n[nH]c2cn1. The van der Waals surface area contributed by atoms with Crippen LogP contribution < -0.4 is 10.5 Å². The minimum Gasteiger partial charge on any atom is -0.481 e. The smallest absolute Gasteiger partial charge is 0.213 e. The van der Waals surface area contributed by atoms with E-state index in [1.54, 1.807) is 19.4 Å². The molecule has 0 saturated carbocycles. The molecule has 5 nitrogen and oxygen atoms in total. The highest BCUT2D eigenvalue weighted by molar-refractivity contribution is 5.88. The van der Waals surface area contributed by atoms with Crippen LogP contribution in [0.4, 0.5) is 5.82 Å². The Morgan fingerprint density at radius 1 is 1.58 bits per heavy atom. The molecular weight excluding hydrogens is 156 g/mol. The van der Waals surface area contributed by atoms with E-state index in [4.69, 9.17) is 10.5 Å². The number of nitrogens with zero attached hydrogens (tertiary/aromatic N) is 2. The molecule has 0 aliphatic rings. The Labute approximate surface area is 68.5 Å². The van der Waals surface area contributed by atoms with Gasteiger partial charge < -0.3 is 10.5 Å². The average molecular weight is 164 g/mol. The lowest BCUT2D eigenvalue weighted by Gasteiger charge is -1.96. The van der Waals surface area contributed by atoms with Crippen molar-refractivity contribution in [2.45, 2.75) is 0 Å². The molecule has 0 radical (unpaired) electrons. The average Bonchev–Trinajstić information content (AvgIpc) is 2.47. The summed E-state index contributed by atoms with van der Waals surface area (Å²) in [6.07, 6.45) is 1.64. The Balaban J connectivity index is 2.71. The van der Waals surface area contributed by atoms with Crippen molar-refractivity contribution in [2.24, 2.45) is 0 Å². The van der Waals surface area contributed by atoms with Crippen LogP contribution >= 0.6 is 0 Å². The first-order valence-corrected chi connectivity index (χ1v) is 3.45. The van der Waals surface area contributed by atoms with Gasteiger partial charge in [-0.3, -0.25) is 5.10 Å². The lowest BCUT2D eigenvalue weighted by atomic mass is 10.3. The van der Waals surface area contributed by atoms with E-state index in [9.17, 15) is 0 Å². The fraction of sp³-hybridized carbons (Fsp3) is 0.143. The number of hydrogen-bond donors (Lipinski definition) is 2. The van der Waals surface area contributed by atoms with E-state index < -0.39 is 0 Å². The van der Waals surface area contributed by atoms with Gasteiger partial charge in [0.2, 0.25) is 5.88 Å². The number of aromatic nitrogens is 3. The molecule has 0 aliphatic carbocycles. The molecule has 0 fully saturated rings. The van der Waals surface area contributed by atoms with Gasteiger partial charge in [-0.2, -0.15) is 5.10 Å². The molecular formula is C7H8N4O. The number of aromatic amines is 1. The molecule has 0 amide bonds. The maximum atomic E-state index is 5.57. The summed E-state index contributed by atoms with van der Waals surface area (Å²) in [5, 5.41) is 7.41. The van der Waals surface area contributed by atoms with E-state index in [0.29, 0.717) is 11.7 Å². The molecule has 12 heavy (non-hydrogen) atoms. The van der Waals surface area contributed by atoms with Gasteiger partial charge in [-0.15, -0.1) is 0 Å². The minimum absolute atomic E-state index is 0.464. The van der Waals surface area contributed by atoms with Crippen LogP contribution in [0.15, 0.2) is 12.3 Å². The zero-order valence-electron chi connectivity index (χ0n) is 6.53. The first-order valence-electron chi connectivity index (χ1n) is 3.45. The maximum absolute atomic E-state index is 5.57. The minimum atomic E-state index is 0.464.